The maximum absolute atomic E-state index is 9.87. The van der Waals surface area contributed by atoms with Gasteiger partial charge in [-0.3, -0.25) is 0 Å². The van der Waals surface area contributed by atoms with Crippen LogP contribution in [0.3, 0.4) is 0 Å². The van der Waals surface area contributed by atoms with Gasteiger partial charge in [0.15, 0.2) is 0 Å². The molecule has 2 nitrogen and oxygen atoms in total. The zero-order valence-electron chi connectivity index (χ0n) is 11.1. The molecule has 0 aromatic heterocycles. The van der Waals surface area contributed by atoms with E-state index in [1.165, 1.54) is 36.9 Å². The molecule has 4 rings (SSSR count). The molecule has 0 fully saturated rings. The highest BCUT2D eigenvalue weighted by molar-refractivity contribution is 8.45. The first-order valence-electron chi connectivity index (χ1n) is 6.52. The Morgan fingerprint density at radius 2 is 0.909 bits per heavy atom. The lowest BCUT2D eigenvalue weighted by Crippen LogP contribution is -2.30. The number of hydrogen-bond donors (Lipinski definition) is 2. The van der Waals surface area contributed by atoms with Crippen LogP contribution in [0.15, 0.2) is 25.4 Å². The SMILES string of the molecule is O[C@H]1CSC2=C(SC[C@@H]1O)SC(=C1SC3=C(SCCS3)S1)S2. The van der Waals surface area contributed by atoms with Gasteiger partial charge in [0.2, 0.25) is 0 Å². The second-order valence-electron chi connectivity index (χ2n) is 4.59. The van der Waals surface area contributed by atoms with Crippen LogP contribution in [-0.2, 0) is 0 Å². The molecule has 4 heterocycles. The maximum Gasteiger partial charge on any atom is 0.0901 e. The van der Waals surface area contributed by atoms with Gasteiger partial charge in [0.25, 0.3) is 0 Å². The molecule has 0 aliphatic carbocycles. The van der Waals surface area contributed by atoms with Gasteiger partial charge in [0, 0.05) is 23.0 Å². The highest BCUT2D eigenvalue weighted by atomic mass is 32.3. The fourth-order valence-corrected chi connectivity index (χ4v) is 14.0. The molecule has 0 saturated heterocycles. The van der Waals surface area contributed by atoms with E-state index in [9.17, 15) is 10.2 Å². The molecule has 4 aliphatic rings. The van der Waals surface area contributed by atoms with Crippen LogP contribution in [0.25, 0.3) is 0 Å². The third-order valence-corrected chi connectivity index (χ3v) is 15.0. The van der Waals surface area contributed by atoms with Crippen molar-refractivity contribution < 1.29 is 10.2 Å². The van der Waals surface area contributed by atoms with E-state index in [-0.39, 0.29) is 0 Å². The number of hydrogen-bond acceptors (Lipinski definition) is 10. The quantitative estimate of drug-likeness (QED) is 0.533. The van der Waals surface area contributed by atoms with Gasteiger partial charge in [0.05, 0.1) is 37.6 Å². The zero-order valence-corrected chi connectivity index (χ0v) is 17.7. The Balaban J connectivity index is 1.49. The first-order chi connectivity index (χ1) is 10.7. The van der Waals surface area contributed by atoms with Gasteiger partial charge in [0.1, 0.15) is 0 Å². The minimum atomic E-state index is -0.620. The summed E-state index contributed by atoms with van der Waals surface area (Å²) >= 11 is 14.9. The highest BCUT2D eigenvalue weighted by Gasteiger charge is 2.33. The Bertz CT molecular complexity index is 538. The van der Waals surface area contributed by atoms with Gasteiger partial charge in [-0.05, 0) is 0 Å². The van der Waals surface area contributed by atoms with E-state index < -0.39 is 12.2 Å². The van der Waals surface area contributed by atoms with Gasteiger partial charge >= 0.3 is 0 Å². The summed E-state index contributed by atoms with van der Waals surface area (Å²) in [7, 11) is 0. The van der Waals surface area contributed by atoms with Crippen molar-refractivity contribution in [2.75, 3.05) is 23.0 Å². The van der Waals surface area contributed by atoms with Crippen molar-refractivity contribution >= 4 is 94.1 Å². The molecule has 0 radical (unpaired) electrons. The Morgan fingerprint density at radius 1 is 0.545 bits per heavy atom. The Labute approximate surface area is 163 Å². The van der Waals surface area contributed by atoms with Crippen molar-refractivity contribution in [1.29, 1.82) is 0 Å². The van der Waals surface area contributed by atoms with Crippen molar-refractivity contribution in [2.45, 2.75) is 12.2 Å². The third-order valence-electron chi connectivity index (χ3n) is 3.01. The molecule has 2 N–H and O–H groups in total. The third kappa shape index (κ3) is 3.71. The fourth-order valence-electron chi connectivity index (χ4n) is 1.88. The monoisotopic (exact) mass is 444 g/mol. The molecule has 0 bridgehead atoms. The van der Waals surface area contributed by atoms with E-state index in [0.29, 0.717) is 11.5 Å². The van der Waals surface area contributed by atoms with Gasteiger partial charge in [-0.2, -0.15) is 0 Å². The van der Waals surface area contributed by atoms with Crippen molar-refractivity contribution in [3.63, 3.8) is 0 Å². The maximum atomic E-state index is 9.87. The number of rotatable bonds is 0. The van der Waals surface area contributed by atoms with E-state index in [1.54, 1.807) is 23.5 Å². The molecule has 10 heteroatoms. The summed E-state index contributed by atoms with van der Waals surface area (Å²) in [5, 5.41) is 19.7. The molecule has 0 saturated carbocycles. The minimum absolute atomic E-state index is 0.581. The smallest absolute Gasteiger partial charge is 0.0901 e. The molecular formula is C12H12O2S8. The number of aliphatic hydroxyl groups excluding tert-OH is 2. The van der Waals surface area contributed by atoms with Gasteiger partial charge in [-0.1, -0.05) is 47.0 Å². The second-order valence-corrected chi connectivity index (χ2v) is 14.5. The Hall–Kier alpha value is 1.94. The summed E-state index contributed by atoms with van der Waals surface area (Å²) in [5.74, 6) is 3.60. The predicted molar refractivity (Wildman–Crippen MR) is 113 cm³/mol. The minimum Gasteiger partial charge on any atom is -0.390 e. The van der Waals surface area contributed by atoms with E-state index in [4.69, 9.17) is 0 Å². The van der Waals surface area contributed by atoms with Gasteiger partial charge < -0.3 is 10.2 Å². The lowest BCUT2D eigenvalue weighted by Gasteiger charge is -2.20. The zero-order chi connectivity index (χ0) is 15.1. The van der Waals surface area contributed by atoms with Crippen LogP contribution in [0.4, 0.5) is 0 Å². The normalized spacial score (nSPS) is 33.0. The molecule has 0 unspecified atom stereocenters. The standard InChI is InChI=1S/C12H12O2S8/c13-5-3-17-9-10(18-4-6(5)14)22-12(21-9)11-19-7-8(20-11)16-2-1-15-7/h5-6,13-14H,1-4H2/t5-,6-/m0/s1. The van der Waals surface area contributed by atoms with Crippen molar-refractivity contribution in [3.8, 4) is 0 Å². The molecule has 0 spiro atoms. The number of thioether (sulfide) groups is 8. The molecule has 22 heavy (non-hydrogen) atoms. The summed E-state index contributed by atoms with van der Waals surface area (Å²) in [6, 6.07) is 0. The molecule has 2 atom stereocenters. The van der Waals surface area contributed by atoms with Crippen LogP contribution in [0.5, 0.6) is 0 Å². The lowest BCUT2D eigenvalue weighted by molar-refractivity contribution is 0.0501. The van der Waals surface area contributed by atoms with E-state index in [1.807, 2.05) is 70.6 Å². The highest BCUT2D eigenvalue weighted by Crippen LogP contribution is 2.67. The molecule has 0 aromatic rings. The summed E-state index contributed by atoms with van der Waals surface area (Å²) in [5.41, 5.74) is 0. The molecular weight excluding hydrogens is 433 g/mol. The molecule has 4 aliphatic heterocycles. The average Bonchev–Trinajstić information content (AvgIpc) is 3.12. The Kier molecular flexibility index (Phi) is 6.05. The van der Waals surface area contributed by atoms with Gasteiger partial charge in [-0.25, -0.2) is 0 Å². The van der Waals surface area contributed by atoms with E-state index in [2.05, 4.69) is 0 Å². The summed E-state index contributed by atoms with van der Waals surface area (Å²) in [4.78, 5) is 0. The fraction of sp³-hybridized carbons (Fsp3) is 0.500. The molecule has 0 amide bonds. The molecule has 120 valence electrons. The largest absolute Gasteiger partial charge is 0.390 e. The van der Waals surface area contributed by atoms with Crippen LogP contribution < -0.4 is 0 Å². The summed E-state index contributed by atoms with van der Waals surface area (Å²) in [6.07, 6.45) is -1.24. The average molecular weight is 445 g/mol. The lowest BCUT2D eigenvalue weighted by atomic mass is 10.3. The van der Waals surface area contributed by atoms with E-state index in [0.717, 1.165) is 0 Å². The summed E-state index contributed by atoms with van der Waals surface area (Å²) in [6.45, 7) is 0. The second kappa shape index (κ2) is 7.67. The van der Waals surface area contributed by atoms with Gasteiger partial charge in [-0.15, -0.1) is 47.0 Å². The van der Waals surface area contributed by atoms with Crippen LogP contribution in [0.1, 0.15) is 0 Å². The first kappa shape index (κ1) is 17.4. The van der Waals surface area contributed by atoms with Crippen LogP contribution in [0, 0.1) is 0 Å². The van der Waals surface area contributed by atoms with Crippen molar-refractivity contribution in [3.05, 3.63) is 25.4 Å². The predicted octanol–water partition coefficient (Wildman–Crippen LogP) is 5.01. The first-order valence-corrected chi connectivity index (χ1v) is 13.7. The van der Waals surface area contributed by atoms with Crippen molar-refractivity contribution in [2.24, 2.45) is 0 Å². The topological polar surface area (TPSA) is 40.5 Å². The van der Waals surface area contributed by atoms with Crippen LogP contribution in [-0.4, -0.2) is 45.4 Å². The Morgan fingerprint density at radius 3 is 1.32 bits per heavy atom. The van der Waals surface area contributed by atoms with E-state index >= 15 is 0 Å². The summed E-state index contributed by atoms with van der Waals surface area (Å²) < 4.78 is 8.35. The van der Waals surface area contributed by atoms with Crippen molar-refractivity contribution in [1.82, 2.24) is 0 Å². The van der Waals surface area contributed by atoms with Crippen LogP contribution in [0.2, 0.25) is 0 Å². The van der Waals surface area contributed by atoms with Crippen LogP contribution >= 0.6 is 94.1 Å². The number of aliphatic hydroxyl groups is 2. The molecule has 0 aromatic carbocycles.